The van der Waals surface area contributed by atoms with Gasteiger partial charge in [0.05, 0.1) is 17.6 Å². The second-order valence-electron chi connectivity index (χ2n) is 4.65. The van der Waals surface area contributed by atoms with Gasteiger partial charge in [-0.15, -0.1) is 11.8 Å². The van der Waals surface area contributed by atoms with Gasteiger partial charge >= 0.3 is 0 Å². The first kappa shape index (κ1) is 19.2. The molecule has 2 nitrogen and oxygen atoms in total. The lowest BCUT2D eigenvalue weighted by molar-refractivity contribution is 1.00. The average molecular weight is 521 g/mol. The zero-order valence-corrected chi connectivity index (χ0v) is 18.9. The molecule has 0 radical (unpaired) electrons. The van der Waals surface area contributed by atoms with E-state index < -0.39 is 0 Å². The molecule has 0 amide bonds. The first-order valence-corrected chi connectivity index (χ1v) is 13.3. The summed E-state index contributed by atoms with van der Waals surface area (Å²) in [4.78, 5) is 1.29. The van der Waals surface area contributed by atoms with Crippen molar-refractivity contribution in [2.24, 2.45) is 0 Å². The molecule has 3 rings (SSSR count). The summed E-state index contributed by atoms with van der Waals surface area (Å²) in [6, 6.07) is 14.9. The molecule has 1 atom stereocenters. The Bertz CT molecular complexity index is 777. The van der Waals surface area contributed by atoms with Crippen LogP contribution in [-0.2, 0) is 5.75 Å². The third kappa shape index (κ3) is 4.71. The van der Waals surface area contributed by atoms with E-state index in [1.54, 1.807) is 0 Å². The summed E-state index contributed by atoms with van der Waals surface area (Å²) in [6.45, 7) is 6.09. The van der Waals surface area contributed by atoms with Gasteiger partial charge in [0.2, 0.25) is 0 Å². The van der Waals surface area contributed by atoms with Crippen molar-refractivity contribution in [1.29, 1.82) is 0 Å². The van der Waals surface area contributed by atoms with E-state index in [9.17, 15) is 0 Å². The summed E-state index contributed by atoms with van der Waals surface area (Å²) in [5.41, 5.74) is 3.67. The number of rotatable bonds is 4. The van der Waals surface area contributed by atoms with Crippen LogP contribution in [0.2, 0.25) is 0 Å². The molecule has 2 aromatic carbocycles. The molecule has 6 heteroatoms. The number of thioether (sulfide) groups is 1. The lowest BCUT2D eigenvalue weighted by Crippen LogP contribution is -1.84. The van der Waals surface area contributed by atoms with E-state index in [1.165, 1.54) is 21.4 Å². The Morgan fingerprint density at radius 1 is 1.22 bits per heavy atom. The first-order chi connectivity index (χ1) is 11.2. The molecule has 23 heavy (non-hydrogen) atoms. The molecule has 1 aromatic heterocycles. The minimum atomic E-state index is 0.618. The van der Waals surface area contributed by atoms with Crippen molar-refractivity contribution in [3.63, 3.8) is 0 Å². The summed E-state index contributed by atoms with van der Waals surface area (Å²) >= 11 is 7.88. The van der Waals surface area contributed by atoms with Gasteiger partial charge in [0.15, 0.2) is 0 Å². The van der Waals surface area contributed by atoms with E-state index in [1.807, 2.05) is 25.6 Å². The molecule has 0 saturated heterocycles. The Morgan fingerprint density at radius 2 is 1.91 bits per heavy atom. The Hall–Kier alpha value is -0.100. The number of fused-ring (bicyclic) bond motifs is 1. The van der Waals surface area contributed by atoms with Crippen LogP contribution in [0.15, 0.2) is 51.8 Å². The second-order valence-corrected chi connectivity index (χ2v) is 8.63. The summed E-state index contributed by atoms with van der Waals surface area (Å²) in [6.07, 6.45) is 0.618. The van der Waals surface area contributed by atoms with Crippen LogP contribution in [0.4, 0.5) is 0 Å². The fourth-order valence-electron chi connectivity index (χ4n) is 2.27. The van der Waals surface area contributed by atoms with E-state index in [0.717, 1.165) is 15.9 Å². The maximum atomic E-state index is 4.65. The van der Waals surface area contributed by atoms with E-state index in [4.69, 9.17) is 0 Å². The minimum Gasteiger partial charge on any atom is -0.237 e. The van der Waals surface area contributed by atoms with Crippen molar-refractivity contribution in [3.05, 3.63) is 58.2 Å². The fourth-order valence-corrected chi connectivity index (χ4v) is 5.54. The highest BCUT2D eigenvalue weighted by atomic mass is 127. The summed E-state index contributed by atoms with van der Waals surface area (Å²) in [7, 11) is 0. The first-order valence-electron chi connectivity index (χ1n) is 7.41. The fraction of sp³-hybridized carbons (Fsp3) is 0.235. The van der Waals surface area contributed by atoms with Crippen LogP contribution in [0.5, 0.6) is 0 Å². The van der Waals surface area contributed by atoms with Crippen molar-refractivity contribution in [3.8, 4) is 0 Å². The third-order valence-corrected chi connectivity index (χ3v) is 6.64. The number of aromatic nitrogens is 2. The van der Waals surface area contributed by atoms with Crippen molar-refractivity contribution >= 4 is 67.0 Å². The van der Waals surface area contributed by atoms with Crippen LogP contribution < -0.4 is 0 Å². The molecule has 0 N–H and O–H groups in total. The van der Waals surface area contributed by atoms with Gasteiger partial charge in [-0.3, -0.25) is 0 Å². The Kier molecular flexibility index (Phi) is 7.86. The Morgan fingerprint density at radius 3 is 2.57 bits per heavy atom. The molecule has 0 fully saturated rings. The molecule has 1 unspecified atom stereocenters. The van der Waals surface area contributed by atoms with Crippen molar-refractivity contribution in [1.82, 2.24) is 9.55 Å². The highest BCUT2D eigenvalue weighted by molar-refractivity contribution is 14.2. The Balaban J connectivity index is 0.000000924. The normalized spacial score (nSPS) is 11.0. The predicted octanol–water partition coefficient (Wildman–Crippen LogP) is 7.22. The molecule has 0 aliphatic heterocycles. The SMILES string of the molecule is CC.Cc1nn(PI)c2cc(Br)cc(SCc3ccccc3)c12. The van der Waals surface area contributed by atoms with E-state index in [-0.39, 0.29) is 0 Å². The highest BCUT2D eigenvalue weighted by Gasteiger charge is 2.13. The van der Waals surface area contributed by atoms with Gasteiger partial charge in [0.1, 0.15) is 0 Å². The molecule has 0 spiro atoms. The van der Waals surface area contributed by atoms with Crippen LogP contribution in [0.25, 0.3) is 10.9 Å². The quantitative estimate of drug-likeness (QED) is 0.205. The number of aryl methyl sites for hydroxylation is 1. The van der Waals surface area contributed by atoms with Crippen LogP contribution in [0.3, 0.4) is 0 Å². The zero-order valence-electron chi connectivity index (χ0n) is 13.3. The minimum absolute atomic E-state index is 0.618. The monoisotopic (exact) mass is 520 g/mol. The van der Waals surface area contributed by atoms with Gasteiger partial charge in [-0.05, 0) is 46.7 Å². The van der Waals surface area contributed by atoms with Gasteiger partial charge < -0.3 is 0 Å². The van der Waals surface area contributed by atoms with Gasteiger partial charge in [0, 0.05) is 20.5 Å². The van der Waals surface area contributed by atoms with E-state index >= 15 is 0 Å². The van der Waals surface area contributed by atoms with Crippen molar-refractivity contribution in [2.45, 2.75) is 31.4 Å². The summed E-state index contributed by atoms with van der Waals surface area (Å²) in [5.74, 6) is 0.976. The van der Waals surface area contributed by atoms with Gasteiger partial charge in [-0.1, -0.05) is 60.1 Å². The molecule has 122 valence electrons. The lowest BCUT2D eigenvalue weighted by atomic mass is 10.2. The maximum Gasteiger partial charge on any atom is 0.0754 e. The van der Waals surface area contributed by atoms with Gasteiger partial charge in [0.25, 0.3) is 0 Å². The van der Waals surface area contributed by atoms with Crippen LogP contribution in [-0.4, -0.2) is 9.55 Å². The molecule has 0 aliphatic carbocycles. The van der Waals surface area contributed by atoms with E-state index in [0.29, 0.717) is 6.37 Å². The molecule has 3 aromatic rings. The molecule has 0 saturated carbocycles. The summed E-state index contributed by atoms with van der Waals surface area (Å²) in [5, 5.41) is 5.93. The third-order valence-electron chi connectivity index (χ3n) is 3.20. The zero-order chi connectivity index (χ0) is 16.8. The number of hydrogen-bond acceptors (Lipinski definition) is 2. The topological polar surface area (TPSA) is 17.8 Å². The molecule has 0 bridgehead atoms. The number of benzene rings is 2. The maximum absolute atomic E-state index is 4.65. The van der Waals surface area contributed by atoms with Gasteiger partial charge in [-0.25, -0.2) is 4.45 Å². The molecule has 1 heterocycles. The number of nitrogens with zero attached hydrogens (tertiary/aromatic N) is 2. The van der Waals surface area contributed by atoms with Gasteiger partial charge in [-0.2, -0.15) is 5.10 Å². The standard InChI is InChI=1S/C15H13BrIN2PS.C2H6/c1-10-15-13(19(18-10)20-17)7-12(16)8-14(15)21-9-11-5-3-2-4-6-11;1-2/h2-8,20H,9H2,1H3;1-2H3. The molecular formula is C17H19BrIN2PS. The summed E-state index contributed by atoms with van der Waals surface area (Å²) < 4.78 is 3.20. The largest absolute Gasteiger partial charge is 0.237 e. The van der Waals surface area contributed by atoms with E-state index in [2.05, 4.69) is 96.9 Å². The average Bonchev–Trinajstić information content (AvgIpc) is 2.91. The smallest absolute Gasteiger partial charge is 0.0754 e. The number of halogens is 2. The molecular weight excluding hydrogens is 502 g/mol. The van der Waals surface area contributed by atoms with Crippen molar-refractivity contribution in [2.75, 3.05) is 0 Å². The van der Waals surface area contributed by atoms with Crippen LogP contribution in [0.1, 0.15) is 25.1 Å². The lowest BCUT2D eigenvalue weighted by Gasteiger charge is -2.06. The highest BCUT2D eigenvalue weighted by Crippen LogP contribution is 2.38. The number of hydrogen-bond donors (Lipinski definition) is 0. The molecule has 0 aliphatic rings. The second kappa shape index (κ2) is 9.40. The van der Waals surface area contributed by atoms with Crippen LogP contribution in [0, 0.1) is 6.92 Å². The van der Waals surface area contributed by atoms with Crippen molar-refractivity contribution < 1.29 is 0 Å². The Labute approximate surface area is 165 Å². The predicted molar refractivity (Wildman–Crippen MR) is 117 cm³/mol. The van der Waals surface area contributed by atoms with Crippen LogP contribution >= 0.6 is 56.1 Å².